The lowest BCUT2D eigenvalue weighted by molar-refractivity contribution is -0.316. The minimum absolute atomic E-state index is 0.000936. The molecule has 254 valence electrons. The van der Waals surface area contributed by atoms with Crippen molar-refractivity contribution in [1.82, 2.24) is 10.6 Å². The highest BCUT2D eigenvalue weighted by Crippen LogP contribution is 2.32. The van der Waals surface area contributed by atoms with Crippen LogP contribution in [-0.2, 0) is 18.9 Å². The van der Waals surface area contributed by atoms with Gasteiger partial charge in [0.15, 0.2) is 12.6 Å². The molecule has 0 aromatic carbocycles. The van der Waals surface area contributed by atoms with Crippen molar-refractivity contribution in [2.75, 3.05) is 39.3 Å². The average molecular weight is 628 g/mol. The van der Waals surface area contributed by atoms with Crippen LogP contribution in [0.1, 0.15) is 19.3 Å². The van der Waals surface area contributed by atoms with E-state index in [1.165, 1.54) is 0 Å². The molecule has 18 heteroatoms. The molecule has 43 heavy (non-hydrogen) atoms. The SMILES string of the molecule is NCCC(O)CN[C@@H]1C[C@H](O)[C@@H](CN)O[C@@H]1O[C@H]1[C@H](O)[C@@H](O[C@H]2O[C@H](CO)[C@@H](O)[C@H](N)[C@H]2O)[C@H](NCC(O)CN)C[C@@H]1N. The predicted molar refractivity (Wildman–Crippen MR) is 151 cm³/mol. The first-order chi connectivity index (χ1) is 20.4. The van der Waals surface area contributed by atoms with E-state index in [2.05, 4.69) is 10.6 Å². The molecular formula is C25H53N7O11. The summed E-state index contributed by atoms with van der Waals surface area (Å²) in [6.45, 7) is -0.165. The molecule has 0 spiro atoms. The van der Waals surface area contributed by atoms with Crippen LogP contribution >= 0.6 is 0 Å². The Kier molecular flexibility index (Phi) is 14.8. The summed E-state index contributed by atoms with van der Waals surface area (Å²) in [5, 5.41) is 79.1. The third-order valence-corrected chi connectivity index (χ3v) is 8.34. The largest absolute Gasteiger partial charge is 0.394 e. The normalized spacial score (nSPS) is 43.8. The van der Waals surface area contributed by atoms with Crippen LogP contribution < -0.4 is 39.3 Å². The van der Waals surface area contributed by atoms with Crippen LogP contribution in [0.25, 0.3) is 0 Å². The first-order valence-electron chi connectivity index (χ1n) is 14.8. The Hall–Kier alpha value is -0.720. The fraction of sp³-hybridized carbons (Fsp3) is 1.00. The zero-order valence-electron chi connectivity index (χ0n) is 24.3. The molecule has 2 heterocycles. The van der Waals surface area contributed by atoms with E-state index in [-0.39, 0.29) is 45.6 Å². The van der Waals surface area contributed by atoms with Gasteiger partial charge in [-0.3, -0.25) is 0 Å². The highest BCUT2D eigenvalue weighted by atomic mass is 16.7. The summed E-state index contributed by atoms with van der Waals surface area (Å²) in [6, 6.07) is -3.31. The summed E-state index contributed by atoms with van der Waals surface area (Å²) in [5.74, 6) is 0. The minimum atomic E-state index is -1.52. The minimum Gasteiger partial charge on any atom is -0.394 e. The number of nitrogens with one attached hydrogen (secondary N) is 2. The summed E-state index contributed by atoms with van der Waals surface area (Å²) in [7, 11) is 0. The van der Waals surface area contributed by atoms with Crippen LogP contribution in [-0.4, -0.2) is 173 Å². The van der Waals surface area contributed by atoms with Crippen LogP contribution in [0.4, 0.5) is 0 Å². The third-order valence-electron chi connectivity index (χ3n) is 8.34. The van der Waals surface area contributed by atoms with Gasteiger partial charge < -0.3 is 94.0 Å². The van der Waals surface area contributed by atoms with Gasteiger partial charge in [-0.25, -0.2) is 0 Å². The maximum Gasteiger partial charge on any atom is 0.186 e. The second-order valence-corrected chi connectivity index (χ2v) is 11.6. The van der Waals surface area contributed by atoms with Crippen LogP contribution in [0.3, 0.4) is 0 Å². The number of aliphatic hydroxyl groups is 7. The van der Waals surface area contributed by atoms with Crippen molar-refractivity contribution in [2.45, 2.75) is 117 Å². The second kappa shape index (κ2) is 17.3. The summed E-state index contributed by atoms with van der Waals surface area (Å²) in [4.78, 5) is 0. The smallest absolute Gasteiger partial charge is 0.186 e. The zero-order valence-corrected chi connectivity index (χ0v) is 24.3. The van der Waals surface area contributed by atoms with Crippen LogP contribution in [0, 0.1) is 0 Å². The van der Waals surface area contributed by atoms with Gasteiger partial charge in [-0.2, -0.15) is 0 Å². The van der Waals surface area contributed by atoms with Gasteiger partial charge >= 0.3 is 0 Å². The van der Waals surface area contributed by atoms with Gasteiger partial charge in [0.05, 0.1) is 43.1 Å². The molecule has 3 fully saturated rings. The second-order valence-electron chi connectivity index (χ2n) is 11.6. The lowest BCUT2D eigenvalue weighted by Crippen LogP contribution is -2.69. The van der Waals surface area contributed by atoms with Gasteiger partial charge in [-0.05, 0) is 25.8 Å². The van der Waals surface area contributed by atoms with E-state index in [1.807, 2.05) is 0 Å². The van der Waals surface area contributed by atoms with Crippen LogP contribution in [0.15, 0.2) is 0 Å². The monoisotopic (exact) mass is 627 g/mol. The quantitative estimate of drug-likeness (QED) is 0.0801. The molecule has 18 nitrogen and oxygen atoms in total. The summed E-state index contributed by atoms with van der Waals surface area (Å²) in [6.07, 6.45) is -12.9. The summed E-state index contributed by atoms with van der Waals surface area (Å²) in [5.41, 5.74) is 29.3. The summed E-state index contributed by atoms with van der Waals surface area (Å²) >= 11 is 0. The van der Waals surface area contributed by atoms with Gasteiger partial charge in [0.25, 0.3) is 0 Å². The van der Waals surface area contributed by atoms with E-state index in [9.17, 15) is 35.7 Å². The van der Waals surface area contributed by atoms with E-state index in [0.717, 1.165) is 0 Å². The molecule has 0 aromatic heterocycles. The molecule has 1 saturated carbocycles. The number of rotatable bonds is 15. The predicted octanol–water partition coefficient (Wildman–Crippen LogP) is -8.00. The Labute approximate surface area is 250 Å². The van der Waals surface area contributed by atoms with Crippen LogP contribution in [0.5, 0.6) is 0 Å². The maximum absolute atomic E-state index is 11.6. The Morgan fingerprint density at radius 3 is 2.02 bits per heavy atom. The number of hydrogen-bond donors (Lipinski definition) is 14. The first-order valence-corrected chi connectivity index (χ1v) is 14.8. The van der Waals surface area contributed by atoms with Crippen LogP contribution in [0.2, 0.25) is 0 Å². The van der Waals surface area contributed by atoms with Gasteiger partial charge in [-0.15, -0.1) is 0 Å². The van der Waals surface area contributed by atoms with Gasteiger partial charge in [0.1, 0.15) is 36.6 Å². The van der Waals surface area contributed by atoms with Crippen molar-refractivity contribution >= 4 is 0 Å². The average Bonchev–Trinajstić information content (AvgIpc) is 2.99. The van der Waals surface area contributed by atoms with E-state index < -0.39 is 104 Å². The van der Waals surface area contributed by atoms with Gasteiger partial charge in [-0.1, -0.05) is 0 Å². The van der Waals surface area contributed by atoms with Gasteiger partial charge in [0.2, 0.25) is 0 Å². The van der Waals surface area contributed by atoms with E-state index in [4.69, 9.17) is 47.6 Å². The molecular weight excluding hydrogens is 574 g/mol. The van der Waals surface area contributed by atoms with Crippen molar-refractivity contribution in [2.24, 2.45) is 28.7 Å². The molecule has 0 aromatic rings. The van der Waals surface area contributed by atoms with Gasteiger partial charge in [0, 0.05) is 38.3 Å². The molecule has 2 unspecified atom stereocenters. The Bertz CT molecular complexity index is 811. The van der Waals surface area contributed by atoms with Crippen molar-refractivity contribution in [3.63, 3.8) is 0 Å². The van der Waals surface area contributed by atoms with E-state index in [1.54, 1.807) is 0 Å². The molecule has 19 N–H and O–H groups in total. The Morgan fingerprint density at radius 2 is 1.40 bits per heavy atom. The zero-order chi connectivity index (χ0) is 31.8. The maximum atomic E-state index is 11.6. The molecule has 16 atom stereocenters. The molecule has 0 radical (unpaired) electrons. The number of ether oxygens (including phenoxy) is 4. The standard InChI is InChI=1S/C25H53N7O11/c26-2-1-10(34)7-32-14-4-15(36)16(6-28)40-24(14)42-22-12(29)3-13(31-8-11(35)5-27)23(21(22)39)43-25-20(38)18(30)19(37)17(9-33)41-25/h10-25,31-39H,1-9,26-30H2/t10?,11?,12-,13+,14+,15-,16+,17+,18-,19+,20+,21-,22+,23-,24+,25+/m0/s1. The molecule has 2 saturated heterocycles. The number of hydrogen-bond acceptors (Lipinski definition) is 18. The molecule has 1 aliphatic carbocycles. The fourth-order valence-electron chi connectivity index (χ4n) is 5.69. The Morgan fingerprint density at radius 1 is 0.767 bits per heavy atom. The molecule has 0 bridgehead atoms. The highest BCUT2D eigenvalue weighted by Gasteiger charge is 2.51. The fourth-order valence-corrected chi connectivity index (χ4v) is 5.69. The number of aliphatic hydroxyl groups excluding tert-OH is 7. The molecule has 3 aliphatic rings. The third kappa shape index (κ3) is 9.41. The molecule has 0 amide bonds. The van der Waals surface area contributed by atoms with E-state index in [0.29, 0.717) is 6.42 Å². The number of nitrogens with two attached hydrogens (primary N) is 5. The lowest BCUT2D eigenvalue weighted by Gasteiger charge is -2.49. The molecule has 2 aliphatic heterocycles. The molecule has 3 rings (SSSR count). The van der Waals surface area contributed by atoms with Crippen molar-refractivity contribution in [3.8, 4) is 0 Å². The van der Waals surface area contributed by atoms with Crippen molar-refractivity contribution < 1.29 is 54.7 Å². The van der Waals surface area contributed by atoms with Crippen molar-refractivity contribution in [1.29, 1.82) is 0 Å². The summed E-state index contributed by atoms with van der Waals surface area (Å²) < 4.78 is 23.8. The Balaban J connectivity index is 1.82. The first kappa shape index (κ1) is 36.7. The van der Waals surface area contributed by atoms with E-state index >= 15 is 0 Å². The topological polar surface area (TPSA) is 333 Å². The lowest BCUT2D eigenvalue weighted by atomic mass is 9.83. The van der Waals surface area contributed by atoms with Crippen molar-refractivity contribution in [3.05, 3.63) is 0 Å². The highest BCUT2D eigenvalue weighted by molar-refractivity contribution is 5.02.